The molecule has 2 rings (SSSR count). The molecule has 2 aromatic rings. The predicted octanol–water partition coefficient (Wildman–Crippen LogP) is 4.43. The van der Waals surface area contributed by atoms with Gasteiger partial charge < -0.3 is 10.1 Å². The summed E-state index contributed by atoms with van der Waals surface area (Å²) in [6.45, 7) is 1.40. The molecule has 7 heteroatoms. The molecule has 1 atom stereocenters. The molecule has 0 aliphatic heterocycles. The second kappa shape index (κ2) is 7.57. The van der Waals surface area contributed by atoms with Crippen molar-refractivity contribution in [3.63, 3.8) is 0 Å². The van der Waals surface area contributed by atoms with Crippen molar-refractivity contribution in [1.82, 2.24) is 0 Å². The van der Waals surface area contributed by atoms with Gasteiger partial charge in [0.1, 0.15) is 5.82 Å². The van der Waals surface area contributed by atoms with Gasteiger partial charge in [-0.1, -0.05) is 27.5 Å². The van der Waals surface area contributed by atoms with Crippen LogP contribution in [0.15, 0.2) is 46.9 Å². The van der Waals surface area contributed by atoms with Gasteiger partial charge in [-0.2, -0.15) is 0 Å². The second-order valence-corrected chi connectivity index (χ2v) is 6.02. The van der Waals surface area contributed by atoms with Gasteiger partial charge in [0, 0.05) is 15.2 Å². The fourth-order valence-corrected chi connectivity index (χ4v) is 2.15. The van der Waals surface area contributed by atoms with Crippen LogP contribution < -0.4 is 5.32 Å². The average molecular weight is 401 g/mol. The van der Waals surface area contributed by atoms with Crippen LogP contribution in [0, 0.1) is 5.82 Å². The quantitative estimate of drug-likeness (QED) is 0.773. The van der Waals surface area contributed by atoms with Crippen molar-refractivity contribution >= 4 is 45.1 Å². The molecule has 1 unspecified atom stereocenters. The van der Waals surface area contributed by atoms with Gasteiger partial charge in [-0.05, 0) is 49.4 Å². The predicted molar refractivity (Wildman–Crippen MR) is 89.1 cm³/mol. The van der Waals surface area contributed by atoms with Crippen molar-refractivity contribution in [2.45, 2.75) is 13.0 Å². The number of ether oxygens (including phenoxy) is 1. The van der Waals surface area contributed by atoms with E-state index in [-0.39, 0.29) is 10.6 Å². The van der Waals surface area contributed by atoms with Crippen molar-refractivity contribution in [2.75, 3.05) is 5.32 Å². The summed E-state index contributed by atoms with van der Waals surface area (Å²) in [6, 6.07) is 10.4. The molecule has 0 saturated heterocycles. The third kappa shape index (κ3) is 4.77. The van der Waals surface area contributed by atoms with Gasteiger partial charge in [-0.15, -0.1) is 0 Å². The summed E-state index contributed by atoms with van der Waals surface area (Å²) in [4.78, 5) is 23.9. The lowest BCUT2D eigenvalue weighted by molar-refractivity contribution is -0.123. The monoisotopic (exact) mass is 399 g/mol. The number of halogens is 3. The van der Waals surface area contributed by atoms with E-state index in [9.17, 15) is 14.0 Å². The minimum Gasteiger partial charge on any atom is -0.449 e. The van der Waals surface area contributed by atoms with Crippen LogP contribution in [0.25, 0.3) is 0 Å². The first-order valence-corrected chi connectivity index (χ1v) is 7.76. The van der Waals surface area contributed by atoms with E-state index in [0.29, 0.717) is 5.69 Å². The number of esters is 1. The molecule has 120 valence electrons. The Labute approximate surface area is 145 Å². The van der Waals surface area contributed by atoms with E-state index >= 15 is 0 Å². The molecular weight excluding hydrogens is 389 g/mol. The summed E-state index contributed by atoms with van der Waals surface area (Å²) < 4.78 is 19.4. The first kappa shape index (κ1) is 17.4. The molecule has 23 heavy (non-hydrogen) atoms. The Bertz CT molecular complexity index is 737. The van der Waals surface area contributed by atoms with E-state index in [1.54, 1.807) is 24.3 Å². The Morgan fingerprint density at radius 3 is 2.52 bits per heavy atom. The lowest BCUT2D eigenvalue weighted by atomic mass is 10.2. The molecule has 0 fully saturated rings. The fourth-order valence-electron chi connectivity index (χ4n) is 1.71. The number of hydrogen-bond acceptors (Lipinski definition) is 3. The van der Waals surface area contributed by atoms with Gasteiger partial charge in [0.2, 0.25) is 0 Å². The maximum atomic E-state index is 13.6. The number of hydrogen-bond donors (Lipinski definition) is 1. The molecule has 0 saturated carbocycles. The maximum absolute atomic E-state index is 13.6. The minimum atomic E-state index is -1.09. The smallest absolute Gasteiger partial charge is 0.341 e. The van der Waals surface area contributed by atoms with E-state index in [1.165, 1.54) is 13.0 Å². The molecule has 0 aromatic heterocycles. The Hall–Kier alpha value is -1.92. The van der Waals surface area contributed by atoms with Crippen LogP contribution in [-0.2, 0) is 9.53 Å². The van der Waals surface area contributed by atoms with Gasteiger partial charge in [-0.25, -0.2) is 9.18 Å². The first-order chi connectivity index (χ1) is 10.9. The highest BCUT2D eigenvalue weighted by Gasteiger charge is 2.21. The van der Waals surface area contributed by atoms with Crippen LogP contribution in [0.1, 0.15) is 17.3 Å². The molecular formula is C16H12BrClFNO3. The maximum Gasteiger partial charge on any atom is 0.341 e. The summed E-state index contributed by atoms with van der Waals surface area (Å²) in [5, 5.41) is 2.79. The number of benzene rings is 2. The Kier molecular flexibility index (Phi) is 5.74. The summed E-state index contributed by atoms with van der Waals surface area (Å²) in [5.41, 5.74) is 0.232. The van der Waals surface area contributed by atoms with Gasteiger partial charge >= 0.3 is 5.97 Å². The standard InChI is InChI=1S/C16H12BrClFNO3/c1-9(15(21)20-12-5-2-10(17)3-6-12)23-16(22)13-8-11(18)4-7-14(13)19/h2-9H,1H3,(H,20,21). The summed E-state index contributed by atoms with van der Waals surface area (Å²) in [7, 11) is 0. The zero-order valence-electron chi connectivity index (χ0n) is 12.0. The zero-order chi connectivity index (χ0) is 17.0. The van der Waals surface area contributed by atoms with Crippen molar-refractivity contribution in [3.05, 3.63) is 63.3 Å². The number of amides is 1. The molecule has 0 bridgehead atoms. The van der Waals surface area contributed by atoms with Crippen LogP contribution in [0.4, 0.5) is 10.1 Å². The lowest BCUT2D eigenvalue weighted by Gasteiger charge is -2.14. The van der Waals surface area contributed by atoms with Crippen molar-refractivity contribution in [1.29, 1.82) is 0 Å². The molecule has 0 spiro atoms. The molecule has 2 aromatic carbocycles. The van der Waals surface area contributed by atoms with Crippen LogP contribution in [0.3, 0.4) is 0 Å². The van der Waals surface area contributed by atoms with Gasteiger partial charge in [-0.3, -0.25) is 4.79 Å². The SMILES string of the molecule is CC(OC(=O)c1cc(Cl)ccc1F)C(=O)Nc1ccc(Br)cc1. The molecule has 1 N–H and O–H groups in total. The number of carbonyl (C=O) groups excluding carboxylic acids is 2. The topological polar surface area (TPSA) is 55.4 Å². The van der Waals surface area contributed by atoms with E-state index < -0.39 is 23.8 Å². The van der Waals surface area contributed by atoms with E-state index in [4.69, 9.17) is 16.3 Å². The zero-order valence-corrected chi connectivity index (χ0v) is 14.3. The average Bonchev–Trinajstić information content (AvgIpc) is 2.51. The van der Waals surface area contributed by atoms with Gasteiger partial charge in [0.15, 0.2) is 6.10 Å². The Morgan fingerprint density at radius 1 is 1.22 bits per heavy atom. The molecule has 1 amide bonds. The molecule has 0 aliphatic carbocycles. The summed E-state index contributed by atoms with van der Waals surface area (Å²) in [5.74, 6) is -2.24. The van der Waals surface area contributed by atoms with E-state index in [1.807, 2.05) is 0 Å². The number of nitrogens with one attached hydrogen (secondary N) is 1. The van der Waals surface area contributed by atoms with Crippen LogP contribution in [0.5, 0.6) is 0 Å². The normalized spacial score (nSPS) is 11.7. The van der Waals surface area contributed by atoms with Crippen molar-refractivity contribution in [2.24, 2.45) is 0 Å². The highest BCUT2D eigenvalue weighted by molar-refractivity contribution is 9.10. The van der Waals surface area contributed by atoms with Crippen LogP contribution in [-0.4, -0.2) is 18.0 Å². The molecule has 0 aliphatic rings. The third-order valence-corrected chi connectivity index (χ3v) is 3.68. The summed E-state index contributed by atoms with van der Waals surface area (Å²) >= 11 is 9.01. The van der Waals surface area contributed by atoms with Gasteiger partial charge in [0.05, 0.1) is 5.56 Å². The number of carbonyl (C=O) groups is 2. The second-order valence-electron chi connectivity index (χ2n) is 4.67. The molecule has 0 radical (unpaired) electrons. The van der Waals surface area contributed by atoms with Crippen LogP contribution in [0.2, 0.25) is 5.02 Å². The number of anilines is 1. The highest BCUT2D eigenvalue weighted by Crippen LogP contribution is 2.17. The fraction of sp³-hybridized carbons (Fsp3) is 0.125. The lowest BCUT2D eigenvalue weighted by Crippen LogP contribution is -2.30. The van der Waals surface area contributed by atoms with Crippen molar-refractivity contribution < 1.29 is 18.7 Å². The third-order valence-electron chi connectivity index (χ3n) is 2.91. The Morgan fingerprint density at radius 2 is 1.87 bits per heavy atom. The minimum absolute atomic E-state index is 0.199. The largest absolute Gasteiger partial charge is 0.449 e. The van der Waals surface area contributed by atoms with E-state index in [2.05, 4.69) is 21.2 Å². The van der Waals surface area contributed by atoms with Gasteiger partial charge in [0.25, 0.3) is 5.91 Å². The molecule has 4 nitrogen and oxygen atoms in total. The molecule has 0 heterocycles. The highest BCUT2D eigenvalue weighted by atomic mass is 79.9. The number of rotatable bonds is 4. The van der Waals surface area contributed by atoms with Crippen LogP contribution >= 0.6 is 27.5 Å². The van der Waals surface area contributed by atoms with Crippen molar-refractivity contribution in [3.8, 4) is 0 Å². The summed E-state index contributed by atoms with van der Waals surface area (Å²) in [6.07, 6.45) is -1.09. The van der Waals surface area contributed by atoms with E-state index in [0.717, 1.165) is 16.6 Å². The Balaban J connectivity index is 2.01. The first-order valence-electron chi connectivity index (χ1n) is 6.59.